The molecule has 3 aromatic heterocycles. The molecule has 0 aliphatic carbocycles. The van der Waals surface area contributed by atoms with Crippen LogP contribution in [-0.2, 0) is 18.9 Å². The smallest absolute Gasteiger partial charge is 0.191 e. The number of thioether (sulfide) groups is 1. The normalized spacial score (nSPS) is 11.2. The van der Waals surface area contributed by atoms with E-state index < -0.39 is 0 Å². The summed E-state index contributed by atoms with van der Waals surface area (Å²) in [6.07, 6.45) is 2.62. The number of thiazole rings is 1. The van der Waals surface area contributed by atoms with Crippen molar-refractivity contribution in [2.45, 2.75) is 37.4 Å². The van der Waals surface area contributed by atoms with Gasteiger partial charge in [0.2, 0.25) is 0 Å². The lowest BCUT2D eigenvalue weighted by Crippen LogP contribution is -2.04. The van der Waals surface area contributed by atoms with Crippen LogP contribution in [0.5, 0.6) is 0 Å². The highest BCUT2D eigenvalue weighted by atomic mass is 32.2. The highest BCUT2D eigenvalue weighted by Gasteiger charge is 2.13. The molecule has 0 amide bonds. The van der Waals surface area contributed by atoms with Crippen molar-refractivity contribution in [2.75, 3.05) is 0 Å². The number of aliphatic hydroxyl groups excluding tert-OH is 1. The predicted octanol–water partition coefficient (Wildman–Crippen LogP) is 3.19. The maximum absolute atomic E-state index is 9.30. The zero-order valence-corrected chi connectivity index (χ0v) is 13.7. The third kappa shape index (κ3) is 3.23. The highest BCUT2D eigenvalue weighted by molar-refractivity contribution is 7.98. The summed E-state index contributed by atoms with van der Waals surface area (Å²) in [6, 6.07) is 3.76. The van der Waals surface area contributed by atoms with E-state index in [0.29, 0.717) is 11.6 Å². The predicted molar refractivity (Wildman–Crippen MR) is 85.6 cm³/mol. The molecule has 0 radical (unpaired) electrons. The van der Waals surface area contributed by atoms with Gasteiger partial charge in [-0.25, -0.2) is 4.98 Å². The van der Waals surface area contributed by atoms with Crippen LogP contribution in [0.1, 0.15) is 24.9 Å². The van der Waals surface area contributed by atoms with Gasteiger partial charge in [-0.05, 0) is 18.6 Å². The molecule has 0 aromatic carbocycles. The van der Waals surface area contributed by atoms with Gasteiger partial charge < -0.3 is 14.1 Å². The number of rotatable bonds is 7. The van der Waals surface area contributed by atoms with Crippen molar-refractivity contribution in [1.29, 1.82) is 0 Å². The van der Waals surface area contributed by atoms with E-state index in [1.165, 1.54) is 0 Å². The number of furan rings is 1. The average molecular weight is 336 g/mol. The van der Waals surface area contributed by atoms with Gasteiger partial charge in [0.15, 0.2) is 21.7 Å². The largest absolute Gasteiger partial charge is 0.462 e. The number of hydrogen-bond donors (Lipinski definition) is 1. The van der Waals surface area contributed by atoms with E-state index in [-0.39, 0.29) is 6.61 Å². The van der Waals surface area contributed by atoms with Crippen LogP contribution >= 0.6 is 23.1 Å². The zero-order valence-electron chi connectivity index (χ0n) is 12.1. The maximum atomic E-state index is 9.30. The molecular weight excluding hydrogens is 320 g/mol. The molecule has 0 bridgehead atoms. The van der Waals surface area contributed by atoms with Gasteiger partial charge in [-0.2, -0.15) is 0 Å². The van der Waals surface area contributed by atoms with Crippen LogP contribution in [-0.4, -0.2) is 24.9 Å². The Labute approximate surface area is 136 Å². The molecule has 3 rings (SSSR count). The molecule has 0 unspecified atom stereocenters. The van der Waals surface area contributed by atoms with Crippen LogP contribution in [0.25, 0.3) is 10.8 Å². The molecular formula is C14H16N4O2S2. The quantitative estimate of drug-likeness (QED) is 0.668. The fraction of sp³-hybridized carbons (Fsp3) is 0.357. The summed E-state index contributed by atoms with van der Waals surface area (Å²) < 4.78 is 7.31. The van der Waals surface area contributed by atoms with Crippen LogP contribution in [0.15, 0.2) is 33.3 Å². The van der Waals surface area contributed by atoms with E-state index >= 15 is 0 Å². The molecule has 0 atom stereocenters. The van der Waals surface area contributed by atoms with Crippen molar-refractivity contribution in [3.63, 3.8) is 0 Å². The van der Waals surface area contributed by atoms with Crippen molar-refractivity contribution >= 4 is 23.1 Å². The minimum absolute atomic E-state index is 0.0904. The van der Waals surface area contributed by atoms with Crippen molar-refractivity contribution in [2.24, 2.45) is 0 Å². The van der Waals surface area contributed by atoms with Gasteiger partial charge in [0.25, 0.3) is 0 Å². The Hall–Kier alpha value is -1.64. The fourth-order valence-electron chi connectivity index (χ4n) is 2.02. The van der Waals surface area contributed by atoms with Crippen LogP contribution in [0.2, 0.25) is 0 Å². The van der Waals surface area contributed by atoms with E-state index in [2.05, 4.69) is 22.1 Å². The molecule has 0 fully saturated rings. The van der Waals surface area contributed by atoms with Crippen LogP contribution in [0.4, 0.5) is 0 Å². The molecule has 1 N–H and O–H groups in total. The van der Waals surface area contributed by atoms with Crippen molar-refractivity contribution in [3.05, 3.63) is 35.3 Å². The van der Waals surface area contributed by atoms with Crippen molar-refractivity contribution in [3.8, 4) is 10.8 Å². The van der Waals surface area contributed by atoms with Crippen LogP contribution < -0.4 is 0 Å². The first kappa shape index (κ1) is 15.3. The molecule has 3 heterocycles. The molecule has 116 valence electrons. The minimum atomic E-state index is -0.0904. The maximum Gasteiger partial charge on any atom is 0.191 e. The lowest BCUT2D eigenvalue weighted by Gasteiger charge is -2.06. The second-order valence-corrected chi connectivity index (χ2v) is 6.42. The first-order valence-corrected chi connectivity index (χ1v) is 8.82. The van der Waals surface area contributed by atoms with Crippen molar-refractivity contribution in [1.82, 2.24) is 19.7 Å². The number of aliphatic hydroxyl groups is 1. The monoisotopic (exact) mass is 336 g/mol. The minimum Gasteiger partial charge on any atom is -0.462 e. The first-order valence-electron chi connectivity index (χ1n) is 6.95. The van der Waals surface area contributed by atoms with Gasteiger partial charge in [0.05, 0.1) is 12.0 Å². The van der Waals surface area contributed by atoms with Gasteiger partial charge in [0.1, 0.15) is 6.61 Å². The lowest BCUT2D eigenvalue weighted by molar-refractivity contribution is 0.263. The molecule has 8 heteroatoms. The molecule has 3 aromatic rings. The SMILES string of the molecule is CCCn1c(CO)nnc1SCc1csc(-c2ccco2)n1. The first-order chi connectivity index (χ1) is 10.8. The third-order valence-electron chi connectivity index (χ3n) is 3.01. The molecule has 22 heavy (non-hydrogen) atoms. The Balaban J connectivity index is 1.69. The Morgan fingerprint density at radius 3 is 3.05 bits per heavy atom. The van der Waals surface area contributed by atoms with E-state index in [1.807, 2.05) is 22.1 Å². The van der Waals surface area contributed by atoms with Gasteiger partial charge in [-0.15, -0.1) is 21.5 Å². The molecule has 6 nitrogen and oxygen atoms in total. The van der Waals surface area contributed by atoms with Gasteiger partial charge in [-0.3, -0.25) is 0 Å². The molecule has 0 saturated carbocycles. The Kier molecular flexibility index (Phi) is 4.91. The number of hydrogen-bond acceptors (Lipinski definition) is 7. The number of nitrogens with zero attached hydrogens (tertiary/aromatic N) is 4. The lowest BCUT2D eigenvalue weighted by atomic mass is 10.4. The van der Waals surface area contributed by atoms with Gasteiger partial charge in [-0.1, -0.05) is 18.7 Å². The average Bonchev–Trinajstić information content (AvgIpc) is 3.26. The summed E-state index contributed by atoms with van der Waals surface area (Å²) in [5, 5.41) is 21.2. The fourth-order valence-corrected chi connectivity index (χ4v) is 3.78. The van der Waals surface area contributed by atoms with Crippen molar-refractivity contribution < 1.29 is 9.52 Å². The summed E-state index contributed by atoms with van der Waals surface area (Å²) in [7, 11) is 0. The topological polar surface area (TPSA) is 77.0 Å². The van der Waals surface area contributed by atoms with E-state index in [0.717, 1.165) is 34.6 Å². The summed E-state index contributed by atoms with van der Waals surface area (Å²) in [5.41, 5.74) is 0.984. The second-order valence-electron chi connectivity index (χ2n) is 4.62. The summed E-state index contributed by atoms with van der Waals surface area (Å²) in [5.74, 6) is 2.11. The molecule has 0 aliphatic rings. The summed E-state index contributed by atoms with van der Waals surface area (Å²) >= 11 is 3.14. The van der Waals surface area contributed by atoms with Gasteiger partial charge in [0, 0.05) is 17.7 Å². The molecule has 0 saturated heterocycles. The van der Waals surface area contributed by atoms with E-state index in [9.17, 15) is 5.11 Å². The molecule has 0 spiro atoms. The summed E-state index contributed by atoms with van der Waals surface area (Å²) in [4.78, 5) is 4.57. The number of aromatic nitrogens is 4. The summed E-state index contributed by atoms with van der Waals surface area (Å²) in [6.45, 7) is 2.80. The zero-order chi connectivity index (χ0) is 15.4. The molecule has 0 aliphatic heterocycles. The van der Waals surface area contributed by atoms with E-state index in [1.54, 1.807) is 29.4 Å². The Bertz CT molecular complexity index is 721. The third-order valence-corrected chi connectivity index (χ3v) is 4.92. The second kappa shape index (κ2) is 7.08. The van der Waals surface area contributed by atoms with Crippen LogP contribution in [0, 0.1) is 0 Å². The van der Waals surface area contributed by atoms with Crippen LogP contribution in [0.3, 0.4) is 0 Å². The Morgan fingerprint density at radius 2 is 2.32 bits per heavy atom. The standard InChI is InChI=1S/C14H16N4O2S2/c1-2-5-18-12(7-19)16-17-14(18)22-9-10-8-21-13(15-10)11-4-3-6-20-11/h3-4,6,8,19H,2,5,7,9H2,1H3. The van der Waals surface area contributed by atoms with Gasteiger partial charge >= 0.3 is 0 Å². The van der Waals surface area contributed by atoms with E-state index in [4.69, 9.17) is 4.42 Å². The highest BCUT2D eigenvalue weighted by Crippen LogP contribution is 2.28. The Morgan fingerprint density at radius 1 is 1.41 bits per heavy atom.